The molecule has 178 valence electrons. The maximum Gasteiger partial charge on any atom is 0.257 e. The highest BCUT2D eigenvalue weighted by Gasteiger charge is 2.17. The van der Waals surface area contributed by atoms with E-state index in [1.54, 1.807) is 4.57 Å². The molecular formula is C29H31N5O. The lowest BCUT2D eigenvalue weighted by Gasteiger charge is -2.15. The summed E-state index contributed by atoms with van der Waals surface area (Å²) in [6, 6.07) is 20.0. The third kappa shape index (κ3) is 5.25. The Kier molecular flexibility index (Phi) is 7.26. The van der Waals surface area contributed by atoms with E-state index in [9.17, 15) is 10.1 Å². The maximum absolute atomic E-state index is 13.7. The number of aryl methyl sites for hydroxylation is 4. The predicted molar refractivity (Wildman–Crippen MR) is 138 cm³/mol. The van der Waals surface area contributed by atoms with Crippen molar-refractivity contribution in [2.45, 2.75) is 53.0 Å². The Morgan fingerprint density at radius 3 is 2.46 bits per heavy atom. The van der Waals surface area contributed by atoms with Crippen molar-refractivity contribution in [3.05, 3.63) is 105 Å². The third-order valence-corrected chi connectivity index (χ3v) is 6.48. The Hall–Kier alpha value is -3.98. The Morgan fingerprint density at radius 1 is 1.06 bits per heavy atom. The van der Waals surface area contributed by atoms with E-state index in [2.05, 4.69) is 18.1 Å². The number of rotatable bonds is 8. The SMILES string of the molecule is CCCCc1nc(C)n(Cc2cc(C)n(C)n2)c(=O)c1Cc1ccc(-c2ccccc2C#N)cc1. The summed E-state index contributed by atoms with van der Waals surface area (Å²) in [4.78, 5) is 18.6. The van der Waals surface area contributed by atoms with Gasteiger partial charge in [-0.1, -0.05) is 55.8 Å². The molecule has 0 radical (unpaired) electrons. The van der Waals surface area contributed by atoms with Crippen LogP contribution in [0.2, 0.25) is 0 Å². The van der Waals surface area contributed by atoms with E-state index in [1.165, 1.54) is 0 Å². The molecule has 0 amide bonds. The third-order valence-electron chi connectivity index (χ3n) is 6.48. The Balaban J connectivity index is 1.69. The molecule has 35 heavy (non-hydrogen) atoms. The van der Waals surface area contributed by atoms with Crippen LogP contribution < -0.4 is 5.56 Å². The van der Waals surface area contributed by atoms with Crippen LogP contribution in [0, 0.1) is 25.2 Å². The van der Waals surface area contributed by atoms with Gasteiger partial charge in [-0.05, 0) is 55.5 Å². The first-order chi connectivity index (χ1) is 16.9. The summed E-state index contributed by atoms with van der Waals surface area (Å²) in [6.07, 6.45) is 3.35. The fraction of sp³-hybridized carbons (Fsp3) is 0.310. The average molecular weight is 466 g/mol. The van der Waals surface area contributed by atoms with Gasteiger partial charge in [0.2, 0.25) is 0 Å². The molecule has 6 heteroatoms. The summed E-state index contributed by atoms with van der Waals surface area (Å²) in [5.74, 6) is 0.719. The van der Waals surface area contributed by atoms with Crippen molar-refractivity contribution in [3.63, 3.8) is 0 Å². The van der Waals surface area contributed by atoms with Crippen molar-refractivity contribution in [2.75, 3.05) is 0 Å². The molecule has 0 saturated heterocycles. The predicted octanol–water partition coefficient (Wildman–Crippen LogP) is 5.11. The van der Waals surface area contributed by atoms with Crippen molar-refractivity contribution >= 4 is 0 Å². The van der Waals surface area contributed by atoms with Crippen molar-refractivity contribution in [3.8, 4) is 17.2 Å². The highest BCUT2D eigenvalue weighted by atomic mass is 16.1. The fourth-order valence-corrected chi connectivity index (χ4v) is 4.38. The van der Waals surface area contributed by atoms with Gasteiger partial charge in [-0.2, -0.15) is 10.4 Å². The van der Waals surface area contributed by atoms with Gasteiger partial charge < -0.3 is 0 Å². The van der Waals surface area contributed by atoms with E-state index in [1.807, 2.05) is 80.2 Å². The minimum Gasteiger partial charge on any atom is -0.290 e. The first kappa shape index (κ1) is 24.2. The topological polar surface area (TPSA) is 76.5 Å². The van der Waals surface area contributed by atoms with Gasteiger partial charge in [0.05, 0.1) is 29.6 Å². The standard InChI is InChI=1S/C29H31N5O/c1-5-6-11-28-27(29(35)34(21(3)31-28)19-25-16-20(2)33(4)32-25)17-22-12-14-23(15-13-22)26-10-8-7-9-24(26)18-30/h7-10,12-16H,5-6,11,17,19H2,1-4H3. The van der Waals surface area contributed by atoms with Gasteiger partial charge in [0.25, 0.3) is 5.56 Å². The van der Waals surface area contributed by atoms with Gasteiger partial charge in [-0.15, -0.1) is 0 Å². The van der Waals surface area contributed by atoms with Crippen molar-refractivity contribution in [1.82, 2.24) is 19.3 Å². The normalized spacial score (nSPS) is 10.9. The number of unbranched alkanes of at least 4 members (excludes halogenated alkanes) is 1. The van der Waals surface area contributed by atoms with Crippen LogP contribution in [-0.4, -0.2) is 19.3 Å². The molecule has 2 aromatic carbocycles. The van der Waals surface area contributed by atoms with E-state index in [-0.39, 0.29) is 5.56 Å². The van der Waals surface area contributed by atoms with E-state index < -0.39 is 0 Å². The van der Waals surface area contributed by atoms with Crippen LogP contribution in [0.1, 0.15) is 59.4 Å². The fourth-order valence-electron chi connectivity index (χ4n) is 4.38. The number of nitriles is 1. The highest BCUT2D eigenvalue weighted by molar-refractivity contribution is 5.70. The zero-order valence-corrected chi connectivity index (χ0v) is 20.9. The van der Waals surface area contributed by atoms with Crippen LogP contribution in [0.5, 0.6) is 0 Å². The largest absolute Gasteiger partial charge is 0.290 e. The highest BCUT2D eigenvalue weighted by Crippen LogP contribution is 2.24. The lowest BCUT2D eigenvalue weighted by Crippen LogP contribution is -2.30. The first-order valence-corrected chi connectivity index (χ1v) is 12.1. The molecule has 0 bridgehead atoms. The lowest BCUT2D eigenvalue weighted by molar-refractivity contribution is 0.637. The van der Waals surface area contributed by atoms with Gasteiger partial charge in [-0.3, -0.25) is 14.0 Å². The molecule has 2 heterocycles. The zero-order chi connectivity index (χ0) is 24.9. The molecule has 0 N–H and O–H groups in total. The molecule has 4 aromatic rings. The van der Waals surface area contributed by atoms with Gasteiger partial charge in [0, 0.05) is 24.7 Å². The maximum atomic E-state index is 13.7. The minimum atomic E-state index is 0.00538. The van der Waals surface area contributed by atoms with Gasteiger partial charge in [0.15, 0.2) is 0 Å². The second-order valence-electron chi connectivity index (χ2n) is 9.01. The smallest absolute Gasteiger partial charge is 0.257 e. The van der Waals surface area contributed by atoms with Crippen LogP contribution in [-0.2, 0) is 26.4 Å². The molecule has 4 rings (SSSR count). The van der Waals surface area contributed by atoms with E-state index in [0.717, 1.165) is 64.4 Å². The first-order valence-electron chi connectivity index (χ1n) is 12.1. The summed E-state index contributed by atoms with van der Waals surface area (Å²) in [6.45, 7) is 6.46. The lowest BCUT2D eigenvalue weighted by atomic mass is 9.97. The van der Waals surface area contributed by atoms with Crippen molar-refractivity contribution in [2.24, 2.45) is 7.05 Å². The number of benzene rings is 2. The molecule has 6 nitrogen and oxygen atoms in total. The molecule has 2 aromatic heterocycles. The molecular weight excluding hydrogens is 434 g/mol. The molecule has 0 saturated carbocycles. The summed E-state index contributed by atoms with van der Waals surface area (Å²) in [7, 11) is 1.91. The van der Waals surface area contributed by atoms with Crippen LogP contribution in [0.15, 0.2) is 59.4 Å². The summed E-state index contributed by atoms with van der Waals surface area (Å²) >= 11 is 0. The Labute approximate surface area is 206 Å². The quantitative estimate of drug-likeness (QED) is 0.362. The van der Waals surface area contributed by atoms with Gasteiger partial charge >= 0.3 is 0 Å². The Morgan fingerprint density at radius 2 is 1.80 bits per heavy atom. The monoisotopic (exact) mass is 465 g/mol. The summed E-state index contributed by atoms with van der Waals surface area (Å²) < 4.78 is 3.57. The van der Waals surface area contributed by atoms with Crippen LogP contribution in [0.3, 0.4) is 0 Å². The molecule has 0 atom stereocenters. The van der Waals surface area contributed by atoms with Gasteiger partial charge in [0.1, 0.15) is 5.82 Å². The Bertz CT molecular complexity index is 1420. The number of hydrogen-bond donors (Lipinski definition) is 0. The zero-order valence-electron chi connectivity index (χ0n) is 20.9. The second-order valence-corrected chi connectivity index (χ2v) is 9.01. The van der Waals surface area contributed by atoms with Crippen LogP contribution >= 0.6 is 0 Å². The number of hydrogen-bond acceptors (Lipinski definition) is 4. The number of nitrogens with zero attached hydrogens (tertiary/aromatic N) is 5. The molecule has 0 aliphatic rings. The van der Waals surface area contributed by atoms with E-state index in [4.69, 9.17) is 4.98 Å². The van der Waals surface area contributed by atoms with Crippen molar-refractivity contribution < 1.29 is 0 Å². The van der Waals surface area contributed by atoms with Crippen molar-refractivity contribution in [1.29, 1.82) is 5.26 Å². The average Bonchev–Trinajstić information content (AvgIpc) is 3.19. The molecule has 0 aliphatic carbocycles. The molecule has 0 aliphatic heterocycles. The molecule has 0 spiro atoms. The van der Waals surface area contributed by atoms with E-state index in [0.29, 0.717) is 18.5 Å². The number of aromatic nitrogens is 4. The minimum absolute atomic E-state index is 0.00538. The molecule has 0 unspecified atom stereocenters. The summed E-state index contributed by atoms with van der Waals surface area (Å²) in [5, 5.41) is 14.0. The van der Waals surface area contributed by atoms with Crippen LogP contribution in [0.25, 0.3) is 11.1 Å². The van der Waals surface area contributed by atoms with Crippen LogP contribution in [0.4, 0.5) is 0 Å². The summed E-state index contributed by atoms with van der Waals surface area (Å²) in [5.41, 5.74) is 7.15. The van der Waals surface area contributed by atoms with Gasteiger partial charge in [-0.25, -0.2) is 4.98 Å². The second kappa shape index (κ2) is 10.5. The van der Waals surface area contributed by atoms with E-state index >= 15 is 0 Å². The molecule has 0 fully saturated rings.